The molecule has 0 saturated carbocycles. The molecule has 0 spiro atoms. The Hall–Kier alpha value is -0.420. The van der Waals surface area contributed by atoms with Crippen molar-refractivity contribution in [2.24, 2.45) is 0 Å². The summed E-state index contributed by atoms with van der Waals surface area (Å²) in [5.41, 5.74) is 0. The molecule has 4 heteroatoms. The van der Waals surface area contributed by atoms with Gasteiger partial charge >= 0.3 is 0 Å². The SMILES string of the molecule is COC(/C=C\C(OC)OC)OC. The van der Waals surface area contributed by atoms with Crippen LogP contribution >= 0.6 is 0 Å². The molecule has 0 fully saturated rings. The molecule has 0 rings (SSSR count). The van der Waals surface area contributed by atoms with E-state index in [0.29, 0.717) is 0 Å². The average Bonchev–Trinajstić information content (AvgIpc) is 2.13. The zero-order valence-corrected chi connectivity index (χ0v) is 7.94. The summed E-state index contributed by atoms with van der Waals surface area (Å²) in [6.07, 6.45) is 2.74. The summed E-state index contributed by atoms with van der Waals surface area (Å²) in [4.78, 5) is 0. The van der Waals surface area contributed by atoms with E-state index in [1.165, 1.54) is 0 Å². The Kier molecular flexibility index (Phi) is 6.99. The van der Waals surface area contributed by atoms with Crippen molar-refractivity contribution in [3.8, 4) is 0 Å². The molecule has 0 aromatic heterocycles. The van der Waals surface area contributed by atoms with Crippen molar-refractivity contribution < 1.29 is 18.9 Å². The first kappa shape index (κ1) is 11.6. The van der Waals surface area contributed by atoms with E-state index in [0.717, 1.165) is 0 Å². The molecule has 4 nitrogen and oxygen atoms in total. The first-order chi connectivity index (χ1) is 5.78. The second-order valence-corrected chi connectivity index (χ2v) is 2.06. The first-order valence-electron chi connectivity index (χ1n) is 3.58. The molecule has 72 valence electrons. The van der Waals surface area contributed by atoms with Crippen LogP contribution in [0.2, 0.25) is 0 Å². The molecule has 0 unspecified atom stereocenters. The summed E-state index contributed by atoms with van der Waals surface area (Å²) in [5, 5.41) is 0. The molecular weight excluding hydrogens is 160 g/mol. The Labute approximate surface area is 73.1 Å². The third kappa shape index (κ3) is 4.46. The largest absolute Gasteiger partial charge is 0.352 e. The van der Waals surface area contributed by atoms with Crippen LogP contribution in [0, 0.1) is 0 Å². The highest BCUT2D eigenvalue weighted by atomic mass is 16.7. The van der Waals surface area contributed by atoms with Gasteiger partial charge in [-0.1, -0.05) is 0 Å². The van der Waals surface area contributed by atoms with Gasteiger partial charge in [-0.3, -0.25) is 0 Å². The first-order valence-corrected chi connectivity index (χ1v) is 3.58. The van der Waals surface area contributed by atoms with E-state index in [9.17, 15) is 0 Å². The smallest absolute Gasteiger partial charge is 0.176 e. The van der Waals surface area contributed by atoms with Gasteiger partial charge in [0.25, 0.3) is 0 Å². The van der Waals surface area contributed by atoms with Crippen LogP contribution in [0.1, 0.15) is 0 Å². The van der Waals surface area contributed by atoms with E-state index in [2.05, 4.69) is 0 Å². The van der Waals surface area contributed by atoms with Crippen LogP contribution in [0.3, 0.4) is 0 Å². The van der Waals surface area contributed by atoms with E-state index >= 15 is 0 Å². The van der Waals surface area contributed by atoms with Crippen LogP contribution in [0.15, 0.2) is 12.2 Å². The fourth-order valence-corrected chi connectivity index (χ4v) is 0.688. The molecule has 0 N–H and O–H groups in total. The standard InChI is InChI=1S/C8H16O4/c1-9-7(10-2)5-6-8(11-3)12-4/h5-8H,1-4H3/b6-5-. The van der Waals surface area contributed by atoms with E-state index in [1.807, 2.05) is 0 Å². The molecule has 0 heterocycles. The lowest BCUT2D eigenvalue weighted by atomic mass is 10.4. The maximum atomic E-state index is 4.92. The van der Waals surface area contributed by atoms with Crippen molar-refractivity contribution in [2.45, 2.75) is 12.6 Å². The Morgan fingerprint density at radius 1 is 0.667 bits per heavy atom. The predicted molar refractivity (Wildman–Crippen MR) is 44.8 cm³/mol. The van der Waals surface area contributed by atoms with Crippen LogP contribution in [0.5, 0.6) is 0 Å². The molecule has 12 heavy (non-hydrogen) atoms. The minimum absolute atomic E-state index is 0.349. The van der Waals surface area contributed by atoms with E-state index in [-0.39, 0.29) is 12.6 Å². The highest BCUT2D eigenvalue weighted by Crippen LogP contribution is 1.98. The average molecular weight is 176 g/mol. The minimum Gasteiger partial charge on any atom is -0.352 e. The maximum Gasteiger partial charge on any atom is 0.176 e. The summed E-state index contributed by atoms with van der Waals surface area (Å²) in [6.45, 7) is 0. The molecule has 0 aromatic carbocycles. The Balaban J connectivity index is 3.83. The van der Waals surface area contributed by atoms with Crippen LogP contribution in [-0.4, -0.2) is 41.0 Å². The van der Waals surface area contributed by atoms with Crippen LogP contribution in [0.25, 0.3) is 0 Å². The molecule has 0 aliphatic rings. The Morgan fingerprint density at radius 3 is 1.08 bits per heavy atom. The van der Waals surface area contributed by atoms with Gasteiger partial charge in [-0.2, -0.15) is 0 Å². The topological polar surface area (TPSA) is 36.9 Å². The van der Waals surface area contributed by atoms with Gasteiger partial charge in [0, 0.05) is 28.4 Å². The molecule has 0 atom stereocenters. The number of rotatable bonds is 6. The molecule has 0 aliphatic carbocycles. The zero-order valence-electron chi connectivity index (χ0n) is 7.94. The van der Waals surface area contributed by atoms with E-state index < -0.39 is 0 Å². The van der Waals surface area contributed by atoms with Gasteiger partial charge in [-0.25, -0.2) is 0 Å². The van der Waals surface area contributed by atoms with Crippen molar-refractivity contribution >= 4 is 0 Å². The lowest BCUT2D eigenvalue weighted by Gasteiger charge is -2.11. The number of ether oxygens (including phenoxy) is 4. The predicted octanol–water partition coefficient (Wildman–Crippen LogP) is 0.780. The fourth-order valence-electron chi connectivity index (χ4n) is 0.688. The van der Waals surface area contributed by atoms with Gasteiger partial charge in [0.05, 0.1) is 0 Å². The summed E-state index contributed by atoms with van der Waals surface area (Å²) < 4.78 is 19.7. The van der Waals surface area contributed by atoms with Crippen molar-refractivity contribution in [1.29, 1.82) is 0 Å². The summed E-state index contributed by atoms with van der Waals surface area (Å²) in [6, 6.07) is 0. The zero-order chi connectivity index (χ0) is 9.40. The maximum absolute atomic E-state index is 4.92. The number of methoxy groups -OCH3 is 4. The number of hydrogen-bond donors (Lipinski definition) is 0. The molecule has 0 bridgehead atoms. The van der Waals surface area contributed by atoms with E-state index in [1.54, 1.807) is 40.6 Å². The lowest BCUT2D eigenvalue weighted by molar-refractivity contribution is -0.0789. The van der Waals surface area contributed by atoms with Crippen LogP contribution in [-0.2, 0) is 18.9 Å². The van der Waals surface area contributed by atoms with Gasteiger partial charge in [0.1, 0.15) is 0 Å². The molecule has 0 saturated heterocycles. The normalized spacial score (nSPS) is 12.2. The Morgan fingerprint density at radius 2 is 0.917 bits per heavy atom. The third-order valence-electron chi connectivity index (χ3n) is 1.35. The van der Waals surface area contributed by atoms with Gasteiger partial charge in [0.15, 0.2) is 12.6 Å². The van der Waals surface area contributed by atoms with Crippen molar-refractivity contribution in [3.63, 3.8) is 0 Å². The second kappa shape index (κ2) is 7.24. The monoisotopic (exact) mass is 176 g/mol. The summed E-state index contributed by atoms with van der Waals surface area (Å²) in [5.74, 6) is 0. The van der Waals surface area contributed by atoms with Crippen molar-refractivity contribution in [2.75, 3.05) is 28.4 Å². The Bertz CT molecular complexity index is 102. The van der Waals surface area contributed by atoms with Gasteiger partial charge < -0.3 is 18.9 Å². The van der Waals surface area contributed by atoms with Gasteiger partial charge in [0.2, 0.25) is 0 Å². The highest BCUT2D eigenvalue weighted by Gasteiger charge is 2.01. The van der Waals surface area contributed by atoms with Gasteiger partial charge in [-0.05, 0) is 12.2 Å². The summed E-state index contributed by atoms with van der Waals surface area (Å²) >= 11 is 0. The highest BCUT2D eigenvalue weighted by molar-refractivity contribution is 4.87. The molecule has 0 aliphatic heterocycles. The third-order valence-corrected chi connectivity index (χ3v) is 1.35. The van der Waals surface area contributed by atoms with Crippen molar-refractivity contribution in [3.05, 3.63) is 12.2 Å². The molecule has 0 amide bonds. The van der Waals surface area contributed by atoms with Crippen LogP contribution in [0.4, 0.5) is 0 Å². The second-order valence-electron chi connectivity index (χ2n) is 2.06. The lowest BCUT2D eigenvalue weighted by Crippen LogP contribution is -2.13. The van der Waals surface area contributed by atoms with E-state index in [4.69, 9.17) is 18.9 Å². The molecule has 0 radical (unpaired) electrons. The number of hydrogen-bond acceptors (Lipinski definition) is 4. The minimum atomic E-state index is -0.349. The molecule has 0 aromatic rings. The summed E-state index contributed by atoms with van der Waals surface area (Å²) in [7, 11) is 6.25. The molecular formula is C8H16O4. The van der Waals surface area contributed by atoms with Gasteiger partial charge in [-0.15, -0.1) is 0 Å². The van der Waals surface area contributed by atoms with Crippen molar-refractivity contribution in [1.82, 2.24) is 0 Å². The fraction of sp³-hybridized carbons (Fsp3) is 0.750. The quantitative estimate of drug-likeness (QED) is 0.442. The van der Waals surface area contributed by atoms with Crippen LogP contribution < -0.4 is 0 Å².